The van der Waals surface area contributed by atoms with E-state index in [0.29, 0.717) is 24.1 Å². The molecule has 4 fully saturated rings. The van der Waals surface area contributed by atoms with E-state index < -0.39 is 6.04 Å². The fourth-order valence-corrected chi connectivity index (χ4v) is 7.17. The van der Waals surface area contributed by atoms with Gasteiger partial charge in [-0.3, -0.25) is 19.7 Å². The number of fused-ring (bicyclic) bond motifs is 1. The zero-order chi connectivity index (χ0) is 23.8. The average molecular weight is 481 g/mol. The van der Waals surface area contributed by atoms with E-state index >= 15 is 0 Å². The average Bonchev–Trinajstić information content (AvgIpc) is 3.10. The van der Waals surface area contributed by atoms with E-state index in [0.717, 1.165) is 48.4 Å². The smallest absolute Gasteiger partial charge is 0.255 e. The third-order valence-corrected chi connectivity index (χ3v) is 9.07. The van der Waals surface area contributed by atoms with Crippen LogP contribution in [0.4, 0.5) is 0 Å². The van der Waals surface area contributed by atoms with Crippen molar-refractivity contribution in [3.05, 3.63) is 29.3 Å². The highest BCUT2D eigenvalue weighted by Crippen LogP contribution is 2.66. The predicted molar refractivity (Wildman–Crippen MR) is 129 cm³/mol. The molecule has 2 heterocycles. The summed E-state index contributed by atoms with van der Waals surface area (Å²) in [4.78, 5) is 39.4. The number of rotatable bonds is 11. The van der Waals surface area contributed by atoms with Crippen molar-refractivity contribution in [1.82, 2.24) is 15.5 Å². The molecule has 3 aliphatic carbocycles. The van der Waals surface area contributed by atoms with Crippen LogP contribution in [0.15, 0.2) is 23.1 Å². The third-order valence-electron chi connectivity index (χ3n) is 7.89. The van der Waals surface area contributed by atoms with Crippen molar-refractivity contribution in [1.29, 1.82) is 5.26 Å². The van der Waals surface area contributed by atoms with E-state index in [1.807, 2.05) is 12.1 Å². The highest BCUT2D eigenvalue weighted by atomic mass is 32.2. The van der Waals surface area contributed by atoms with Crippen LogP contribution in [0.2, 0.25) is 0 Å². The Morgan fingerprint density at radius 1 is 1.12 bits per heavy atom. The van der Waals surface area contributed by atoms with Gasteiger partial charge in [0.2, 0.25) is 11.8 Å². The number of nitrogens with zero attached hydrogens (tertiary/aromatic N) is 2. The molecule has 3 amide bonds. The standard InChI is InChI=1S/C26H32N4O3S/c27-17-25-14-26(15-25,16-25)28-11-4-2-1-3-5-12-34-21-8-6-7-18-19(21)13-30(24(18)33)20-9-10-22(31)29-23(20)32/h6-8,20,28H,1-5,9-16H2,(H,29,31,32). The molecule has 6 rings (SSSR count). The molecule has 2 N–H and O–H groups in total. The largest absolute Gasteiger partial charge is 0.322 e. The zero-order valence-corrected chi connectivity index (χ0v) is 20.3. The Bertz CT molecular complexity index is 1030. The molecule has 8 heteroatoms. The highest BCUT2D eigenvalue weighted by molar-refractivity contribution is 7.99. The maximum atomic E-state index is 12.9. The maximum absolute atomic E-state index is 12.9. The molecule has 180 valence electrons. The molecule has 5 aliphatic rings. The molecule has 1 aromatic carbocycles. The van der Waals surface area contributed by atoms with E-state index in [1.165, 1.54) is 25.7 Å². The van der Waals surface area contributed by atoms with E-state index in [-0.39, 0.29) is 29.6 Å². The number of hydrogen-bond acceptors (Lipinski definition) is 6. The van der Waals surface area contributed by atoms with Gasteiger partial charge in [0, 0.05) is 29.0 Å². The minimum atomic E-state index is -0.563. The van der Waals surface area contributed by atoms with Gasteiger partial charge >= 0.3 is 0 Å². The number of carbonyl (C=O) groups excluding carboxylic acids is 3. The molecular formula is C26H32N4O3S. The molecule has 1 saturated heterocycles. The van der Waals surface area contributed by atoms with E-state index in [1.54, 1.807) is 16.7 Å². The Morgan fingerprint density at radius 2 is 1.88 bits per heavy atom. The lowest BCUT2D eigenvalue weighted by atomic mass is 9.40. The van der Waals surface area contributed by atoms with Crippen molar-refractivity contribution >= 4 is 29.5 Å². The van der Waals surface area contributed by atoms with Gasteiger partial charge in [-0.1, -0.05) is 25.3 Å². The van der Waals surface area contributed by atoms with Gasteiger partial charge in [0.1, 0.15) is 6.04 Å². The number of benzene rings is 1. The first-order chi connectivity index (χ1) is 16.4. The topological polar surface area (TPSA) is 102 Å². The van der Waals surface area contributed by atoms with Crippen molar-refractivity contribution < 1.29 is 14.4 Å². The van der Waals surface area contributed by atoms with Crippen molar-refractivity contribution in [2.45, 2.75) is 87.2 Å². The summed E-state index contributed by atoms with van der Waals surface area (Å²) in [7, 11) is 0. The van der Waals surface area contributed by atoms with Gasteiger partial charge in [0.05, 0.1) is 11.5 Å². The molecule has 1 unspecified atom stereocenters. The van der Waals surface area contributed by atoms with Crippen LogP contribution in [0.5, 0.6) is 0 Å². The Balaban J connectivity index is 1.00. The van der Waals surface area contributed by atoms with E-state index in [4.69, 9.17) is 5.26 Å². The van der Waals surface area contributed by atoms with Crippen molar-refractivity contribution in [2.75, 3.05) is 12.3 Å². The van der Waals surface area contributed by atoms with Crippen molar-refractivity contribution in [2.24, 2.45) is 5.41 Å². The lowest BCUT2D eigenvalue weighted by molar-refractivity contribution is -0.136. The lowest BCUT2D eigenvalue weighted by Gasteiger charge is -2.67. The van der Waals surface area contributed by atoms with Crippen LogP contribution in [-0.4, -0.2) is 46.5 Å². The number of piperidine rings is 1. The number of amides is 3. The molecule has 1 aromatic rings. The molecule has 1 atom stereocenters. The number of imide groups is 1. The molecule has 2 aliphatic heterocycles. The summed E-state index contributed by atoms with van der Waals surface area (Å²) in [5.41, 5.74) is 2.03. The Labute approximate surface area is 205 Å². The summed E-state index contributed by atoms with van der Waals surface area (Å²) in [5.74, 6) is 0.279. The molecule has 7 nitrogen and oxygen atoms in total. The monoisotopic (exact) mass is 480 g/mol. The maximum Gasteiger partial charge on any atom is 0.255 e. The minimum Gasteiger partial charge on any atom is -0.322 e. The van der Waals surface area contributed by atoms with Crippen molar-refractivity contribution in [3.63, 3.8) is 0 Å². The van der Waals surface area contributed by atoms with Crippen LogP contribution in [0.25, 0.3) is 0 Å². The van der Waals surface area contributed by atoms with Crippen LogP contribution in [-0.2, 0) is 16.1 Å². The molecular weight excluding hydrogens is 448 g/mol. The summed E-state index contributed by atoms with van der Waals surface area (Å²) in [6, 6.07) is 7.73. The summed E-state index contributed by atoms with van der Waals surface area (Å²) in [5, 5.41) is 15.1. The zero-order valence-electron chi connectivity index (χ0n) is 19.5. The van der Waals surface area contributed by atoms with Crippen LogP contribution in [0.3, 0.4) is 0 Å². The first kappa shape index (κ1) is 23.4. The number of hydrogen-bond donors (Lipinski definition) is 2. The van der Waals surface area contributed by atoms with Crippen LogP contribution in [0, 0.1) is 16.7 Å². The van der Waals surface area contributed by atoms with Gasteiger partial charge in [-0.15, -0.1) is 11.8 Å². The quantitative estimate of drug-likeness (QED) is 0.285. The van der Waals surface area contributed by atoms with Crippen LogP contribution in [0.1, 0.15) is 80.1 Å². The lowest BCUT2D eigenvalue weighted by Crippen LogP contribution is -2.73. The number of thioether (sulfide) groups is 1. The summed E-state index contributed by atoms with van der Waals surface area (Å²) in [6.45, 7) is 1.50. The summed E-state index contributed by atoms with van der Waals surface area (Å²) < 4.78 is 0. The third kappa shape index (κ3) is 4.36. The van der Waals surface area contributed by atoms with Crippen molar-refractivity contribution in [3.8, 4) is 6.07 Å². The van der Waals surface area contributed by atoms with Gasteiger partial charge in [-0.25, -0.2) is 0 Å². The fraction of sp³-hybridized carbons (Fsp3) is 0.615. The molecule has 0 radical (unpaired) electrons. The summed E-state index contributed by atoms with van der Waals surface area (Å²) in [6.07, 6.45) is 9.81. The first-order valence-corrected chi connectivity index (χ1v) is 13.5. The fourth-order valence-electron chi connectivity index (χ4n) is 6.08. The summed E-state index contributed by atoms with van der Waals surface area (Å²) >= 11 is 1.79. The number of carbonyl (C=O) groups is 3. The second-order valence-corrected chi connectivity index (χ2v) is 11.6. The van der Waals surface area contributed by atoms with E-state index in [9.17, 15) is 14.4 Å². The Hall–Kier alpha value is -2.37. The van der Waals surface area contributed by atoms with E-state index in [2.05, 4.69) is 22.8 Å². The normalized spacial score (nSPS) is 29.2. The minimum absolute atomic E-state index is 0.0278. The molecule has 3 saturated carbocycles. The molecule has 0 aromatic heterocycles. The van der Waals surface area contributed by atoms with Gasteiger partial charge in [-0.2, -0.15) is 5.26 Å². The van der Waals surface area contributed by atoms with Gasteiger partial charge < -0.3 is 10.2 Å². The van der Waals surface area contributed by atoms with Gasteiger partial charge in [0.25, 0.3) is 5.91 Å². The van der Waals surface area contributed by atoms with Crippen LogP contribution >= 0.6 is 11.8 Å². The molecule has 2 bridgehead atoms. The number of nitriles is 1. The van der Waals surface area contributed by atoms with Gasteiger partial charge in [0.15, 0.2) is 0 Å². The van der Waals surface area contributed by atoms with Crippen LogP contribution < -0.4 is 10.6 Å². The number of nitrogens with one attached hydrogen (secondary N) is 2. The molecule has 0 spiro atoms. The molecule has 34 heavy (non-hydrogen) atoms. The highest BCUT2D eigenvalue weighted by Gasteiger charge is 2.68. The first-order valence-electron chi connectivity index (χ1n) is 12.5. The SMILES string of the molecule is N#CC12CC(NCCCCCCCSc3cccc4c3CN(C3CCC(=O)NC3=O)C4=O)(C1)C2. The predicted octanol–water partition coefficient (Wildman–Crippen LogP) is 3.53. The van der Waals surface area contributed by atoms with Gasteiger partial charge in [-0.05, 0) is 68.5 Å². The second-order valence-electron chi connectivity index (χ2n) is 10.4. The Morgan fingerprint density at radius 3 is 2.65 bits per heavy atom. The second kappa shape index (κ2) is 9.35. The number of unbranched alkanes of at least 4 members (excludes halogenated alkanes) is 4. The Kier molecular flexibility index (Phi) is 6.43.